The minimum Gasteiger partial charge on any atom is -0.481 e. The first-order valence-corrected chi connectivity index (χ1v) is 5.36. The fourth-order valence-electron chi connectivity index (χ4n) is 1.69. The van der Waals surface area contributed by atoms with Gasteiger partial charge in [0, 0.05) is 0 Å². The molecule has 2 unspecified atom stereocenters. The molecule has 0 bridgehead atoms. The van der Waals surface area contributed by atoms with Crippen LogP contribution >= 0.6 is 0 Å². The molecule has 0 aromatic carbocycles. The Morgan fingerprint density at radius 2 is 2.11 bits per heavy atom. The molecule has 2 heterocycles. The molecule has 1 aromatic heterocycles. The van der Waals surface area contributed by atoms with E-state index in [0.29, 0.717) is 0 Å². The summed E-state index contributed by atoms with van der Waals surface area (Å²) < 4.78 is 41.8. The van der Waals surface area contributed by atoms with Crippen LogP contribution in [0, 0.1) is 5.92 Å². The van der Waals surface area contributed by atoms with Crippen LogP contribution in [0.3, 0.4) is 0 Å². The number of rotatable bonds is 3. The number of carboxylic acids is 1. The Balaban J connectivity index is 2.06. The fourth-order valence-corrected chi connectivity index (χ4v) is 1.69. The van der Waals surface area contributed by atoms with Crippen molar-refractivity contribution in [2.75, 3.05) is 18.5 Å². The number of hydrogen-bond donors (Lipinski definition) is 2. The lowest BCUT2D eigenvalue weighted by atomic mass is 10.0. The fraction of sp³-hybridized carbons (Fsp3) is 0.500. The van der Waals surface area contributed by atoms with Gasteiger partial charge in [-0.1, -0.05) is 0 Å². The molecule has 0 spiro atoms. The highest BCUT2D eigenvalue weighted by atomic mass is 19.4. The van der Waals surface area contributed by atoms with Crippen molar-refractivity contribution in [3.63, 3.8) is 0 Å². The molecule has 19 heavy (non-hydrogen) atoms. The Labute approximate surface area is 105 Å². The van der Waals surface area contributed by atoms with Crippen molar-refractivity contribution >= 4 is 11.8 Å². The average Bonchev–Trinajstić information content (AvgIpc) is 2.77. The van der Waals surface area contributed by atoms with Crippen molar-refractivity contribution in [2.24, 2.45) is 5.92 Å². The number of nitrogens with zero attached hydrogens (tertiary/aromatic N) is 2. The van der Waals surface area contributed by atoms with Gasteiger partial charge in [0.25, 0.3) is 0 Å². The summed E-state index contributed by atoms with van der Waals surface area (Å²) in [7, 11) is 0. The number of anilines is 1. The Morgan fingerprint density at radius 3 is 2.63 bits per heavy atom. The van der Waals surface area contributed by atoms with Gasteiger partial charge in [-0.15, -0.1) is 10.2 Å². The Morgan fingerprint density at radius 1 is 1.37 bits per heavy atom. The summed E-state index contributed by atoms with van der Waals surface area (Å²) in [6.45, 7) is 0.209. The summed E-state index contributed by atoms with van der Waals surface area (Å²) in [5.41, 5.74) is -1.10. The molecule has 0 aliphatic carbocycles. The highest BCUT2D eigenvalue weighted by molar-refractivity contribution is 5.72. The number of nitrogens with one attached hydrogen (secondary N) is 1. The minimum absolute atomic E-state index is 0.0566. The molecule has 1 aromatic rings. The molecule has 2 N–H and O–H groups in total. The third kappa shape index (κ3) is 3.11. The monoisotopic (exact) mass is 277 g/mol. The summed E-state index contributed by atoms with van der Waals surface area (Å²) in [6.07, 6.45) is -4.55. The molecule has 2 atom stereocenters. The lowest BCUT2D eigenvalue weighted by Crippen LogP contribution is -2.33. The van der Waals surface area contributed by atoms with Crippen molar-refractivity contribution < 1.29 is 27.8 Å². The van der Waals surface area contributed by atoms with Crippen molar-refractivity contribution in [3.8, 4) is 0 Å². The number of ether oxygens (including phenoxy) is 1. The van der Waals surface area contributed by atoms with Gasteiger partial charge in [0.05, 0.1) is 19.3 Å². The van der Waals surface area contributed by atoms with E-state index in [9.17, 15) is 18.0 Å². The number of aromatic nitrogens is 2. The largest absolute Gasteiger partial charge is 0.481 e. The number of halogens is 3. The normalized spacial score (nSPS) is 23.3. The topological polar surface area (TPSA) is 84.3 Å². The Kier molecular flexibility index (Phi) is 3.56. The van der Waals surface area contributed by atoms with E-state index in [4.69, 9.17) is 9.84 Å². The molecule has 1 aliphatic heterocycles. The zero-order valence-electron chi connectivity index (χ0n) is 9.52. The summed E-state index contributed by atoms with van der Waals surface area (Å²) in [5.74, 6) is -1.71. The lowest BCUT2D eigenvalue weighted by Gasteiger charge is -2.16. The third-order valence-corrected chi connectivity index (χ3v) is 2.69. The molecule has 1 fully saturated rings. The predicted molar refractivity (Wildman–Crippen MR) is 56.4 cm³/mol. The van der Waals surface area contributed by atoms with E-state index >= 15 is 0 Å². The second-order valence-corrected chi connectivity index (χ2v) is 4.03. The number of alkyl halides is 3. The van der Waals surface area contributed by atoms with E-state index in [1.165, 1.54) is 0 Å². The van der Waals surface area contributed by atoms with Crippen LogP contribution in [-0.4, -0.2) is 40.5 Å². The second kappa shape index (κ2) is 5.00. The van der Waals surface area contributed by atoms with E-state index in [1.807, 2.05) is 0 Å². The Bertz CT molecular complexity index is 463. The molecule has 1 saturated heterocycles. The van der Waals surface area contributed by atoms with Crippen LogP contribution in [0.4, 0.5) is 19.0 Å². The number of carbonyl (C=O) groups is 1. The molecule has 9 heteroatoms. The smallest absolute Gasteiger partial charge is 0.435 e. The molecule has 0 saturated carbocycles. The first-order valence-electron chi connectivity index (χ1n) is 5.36. The highest BCUT2D eigenvalue weighted by Crippen LogP contribution is 2.27. The van der Waals surface area contributed by atoms with Gasteiger partial charge in [-0.3, -0.25) is 4.79 Å². The van der Waals surface area contributed by atoms with Crippen molar-refractivity contribution in [1.29, 1.82) is 0 Å². The summed E-state index contributed by atoms with van der Waals surface area (Å²) in [6, 6.07) is 1.34. The summed E-state index contributed by atoms with van der Waals surface area (Å²) in [5, 5.41) is 18.0. The van der Waals surface area contributed by atoms with E-state index < -0.39 is 29.8 Å². The van der Waals surface area contributed by atoms with Crippen molar-refractivity contribution in [1.82, 2.24) is 10.2 Å². The van der Waals surface area contributed by atoms with Crippen LogP contribution < -0.4 is 5.32 Å². The van der Waals surface area contributed by atoms with Gasteiger partial charge in [-0.25, -0.2) is 0 Å². The van der Waals surface area contributed by atoms with Gasteiger partial charge < -0.3 is 15.2 Å². The average molecular weight is 277 g/mol. The molecule has 0 radical (unpaired) electrons. The van der Waals surface area contributed by atoms with E-state index in [-0.39, 0.29) is 19.0 Å². The SMILES string of the molecule is O=C(O)C1COCC1Nc1ccc(C(F)(F)F)nn1. The molecular formula is C10H10F3N3O3. The molecule has 104 valence electrons. The first-order chi connectivity index (χ1) is 8.88. The maximum Gasteiger partial charge on any atom is 0.435 e. The van der Waals surface area contributed by atoms with E-state index in [1.54, 1.807) is 0 Å². The quantitative estimate of drug-likeness (QED) is 0.857. The van der Waals surface area contributed by atoms with Crippen molar-refractivity contribution in [3.05, 3.63) is 17.8 Å². The predicted octanol–water partition coefficient (Wildman–Crippen LogP) is 1.01. The number of carboxylic acid groups (broad SMARTS) is 1. The van der Waals surface area contributed by atoms with Gasteiger partial charge >= 0.3 is 12.1 Å². The van der Waals surface area contributed by atoms with Crippen LogP contribution in [0.25, 0.3) is 0 Å². The van der Waals surface area contributed by atoms with Gasteiger partial charge in [0.1, 0.15) is 11.7 Å². The molecule has 0 amide bonds. The van der Waals surface area contributed by atoms with Crippen LogP contribution in [-0.2, 0) is 15.7 Å². The first kappa shape index (κ1) is 13.5. The van der Waals surface area contributed by atoms with Crippen LogP contribution in [0.5, 0.6) is 0 Å². The maximum absolute atomic E-state index is 12.3. The van der Waals surface area contributed by atoms with Gasteiger partial charge in [0.15, 0.2) is 5.69 Å². The van der Waals surface area contributed by atoms with Crippen LogP contribution in [0.1, 0.15) is 5.69 Å². The number of aliphatic carboxylic acids is 1. The van der Waals surface area contributed by atoms with Gasteiger partial charge in [0.2, 0.25) is 0 Å². The van der Waals surface area contributed by atoms with Gasteiger partial charge in [-0.2, -0.15) is 13.2 Å². The van der Waals surface area contributed by atoms with Crippen molar-refractivity contribution in [2.45, 2.75) is 12.2 Å². The molecular weight excluding hydrogens is 267 g/mol. The van der Waals surface area contributed by atoms with E-state index in [2.05, 4.69) is 15.5 Å². The lowest BCUT2D eigenvalue weighted by molar-refractivity contribution is -0.142. The highest BCUT2D eigenvalue weighted by Gasteiger charge is 2.35. The minimum atomic E-state index is -4.55. The number of hydrogen-bond acceptors (Lipinski definition) is 5. The zero-order chi connectivity index (χ0) is 14.0. The second-order valence-electron chi connectivity index (χ2n) is 4.03. The van der Waals surface area contributed by atoms with Crippen LogP contribution in [0.2, 0.25) is 0 Å². The molecule has 2 rings (SSSR count). The standard InChI is InChI=1S/C10H10F3N3O3/c11-10(12,13)7-1-2-8(16-15-7)14-6-4-19-3-5(6)9(17)18/h1-2,5-6H,3-4H2,(H,14,16)(H,17,18). The van der Waals surface area contributed by atoms with E-state index in [0.717, 1.165) is 12.1 Å². The summed E-state index contributed by atoms with van der Waals surface area (Å²) >= 11 is 0. The van der Waals surface area contributed by atoms with Crippen LogP contribution in [0.15, 0.2) is 12.1 Å². The zero-order valence-corrected chi connectivity index (χ0v) is 9.52. The maximum atomic E-state index is 12.3. The third-order valence-electron chi connectivity index (χ3n) is 2.69. The molecule has 6 nitrogen and oxygen atoms in total. The summed E-state index contributed by atoms with van der Waals surface area (Å²) in [4.78, 5) is 10.9. The molecule has 1 aliphatic rings. The van der Waals surface area contributed by atoms with Gasteiger partial charge in [-0.05, 0) is 12.1 Å². The Hall–Kier alpha value is -1.90.